The van der Waals surface area contributed by atoms with E-state index in [1.54, 1.807) is 0 Å². The third-order valence-corrected chi connectivity index (χ3v) is 12.6. The maximum absolute atomic E-state index is 11.8. The number of benzene rings is 1. The molecule has 33 heavy (non-hydrogen) atoms. The molecule has 0 heterocycles. The van der Waals surface area contributed by atoms with Crippen LogP contribution in [0.2, 0.25) is 16.6 Å². The Morgan fingerprint density at radius 2 is 1.58 bits per heavy atom. The first kappa shape index (κ1) is 29.6. The molecule has 0 fully saturated rings. The van der Waals surface area contributed by atoms with E-state index in [0.717, 1.165) is 10.0 Å². The van der Waals surface area contributed by atoms with Crippen molar-refractivity contribution in [3.63, 3.8) is 0 Å². The summed E-state index contributed by atoms with van der Waals surface area (Å²) in [5, 5.41) is 30.8. The Morgan fingerprint density at radius 3 is 2.00 bits per heavy atom. The van der Waals surface area contributed by atoms with E-state index < -0.39 is 38.4 Å². The molecule has 0 aliphatic rings. The third kappa shape index (κ3) is 8.10. The van der Waals surface area contributed by atoms with E-state index in [9.17, 15) is 20.1 Å². The van der Waals surface area contributed by atoms with Gasteiger partial charge in [-0.05, 0) is 34.3 Å². The Morgan fingerprint density at radius 1 is 1.06 bits per heavy atom. The lowest BCUT2D eigenvalue weighted by Crippen LogP contribution is -2.52. The molecule has 0 radical (unpaired) electrons. The summed E-state index contributed by atoms with van der Waals surface area (Å²) in [5.74, 6) is -1.21. The van der Waals surface area contributed by atoms with Crippen molar-refractivity contribution in [3.8, 4) is 0 Å². The average molecular weight is 548 g/mol. The lowest BCUT2D eigenvalue weighted by atomic mass is 10.1. The molecule has 188 valence electrons. The first-order chi connectivity index (χ1) is 15.4. The normalized spacial score (nSPS) is 15.7. The second-order valence-electron chi connectivity index (χ2n) is 9.18. The van der Waals surface area contributed by atoms with Crippen molar-refractivity contribution < 1.29 is 34.0 Å². The van der Waals surface area contributed by atoms with E-state index in [1.807, 2.05) is 24.3 Å². The monoisotopic (exact) mass is 546 g/mol. The number of ether oxygens (including phenoxy) is 2. The highest BCUT2D eigenvalue weighted by Crippen LogP contribution is 2.42. The van der Waals surface area contributed by atoms with Gasteiger partial charge in [-0.1, -0.05) is 69.6 Å². The van der Waals surface area contributed by atoms with Crippen LogP contribution in [0.1, 0.15) is 54.0 Å². The van der Waals surface area contributed by atoms with Crippen LogP contribution in [-0.4, -0.2) is 54.5 Å². The number of aliphatic hydroxyl groups excluding tert-OH is 3. The van der Waals surface area contributed by atoms with Crippen molar-refractivity contribution in [1.29, 1.82) is 0 Å². The average Bonchev–Trinajstić information content (AvgIpc) is 2.73. The number of aliphatic hydroxyl groups is 3. The van der Waals surface area contributed by atoms with E-state index in [0.29, 0.717) is 22.9 Å². The topological polar surface area (TPSA) is 105 Å². The van der Waals surface area contributed by atoms with Crippen LogP contribution in [0.4, 0.5) is 0 Å². The van der Waals surface area contributed by atoms with Crippen molar-refractivity contribution in [1.82, 2.24) is 0 Å². The van der Waals surface area contributed by atoms with E-state index in [2.05, 4.69) is 57.5 Å². The Hall–Kier alpha value is -1.39. The van der Waals surface area contributed by atoms with Crippen molar-refractivity contribution in [3.05, 3.63) is 46.3 Å². The zero-order valence-electron chi connectivity index (χ0n) is 20.6. The van der Waals surface area contributed by atoms with Gasteiger partial charge in [0.05, 0.1) is 13.2 Å². The van der Waals surface area contributed by atoms with Gasteiger partial charge in [0.25, 0.3) is 0 Å². The molecule has 0 aliphatic carbocycles. The summed E-state index contributed by atoms with van der Waals surface area (Å²) in [6.45, 7) is 14.0. The van der Waals surface area contributed by atoms with Crippen LogP contribution in [0.5, 0.6) is 0 Å². The molecule has 0 saturated heterocycles. The van der Waals surface area contributed by atoms with Crippen molar-refractivity contribution in [2.45, 2.75) is 90.0 Å². The number of hydrogen-bond donors (Lipinski definition) is 3. The zero-order chi connectivity index (χ0) is 25.3. The second-order valence-corrected chi connectivity index (χ2v) is 15.6. The molecule has 0 bridgehead atoms. The molecule has 0 aromatic heterocycles. The van der Waals surface area contributed by atoms with Gasteiger partial charge in [-0.2, -0.15) is 0 Å². The number of hydrogen-bond acceptors (Lipinski definition) is 7. The molecule has 7 nitrogen and oxygen atoms in total. The van der Waals surface area contributed by atoms with Gasteiger partial charge in [0.2, 0.25) is 0 Å². The van der Waals surface area contributed by atoms with Gasteiger partial charge in [0.15, 0.2) is 26.3 Å². The molecule has 0 unspecified atom stereocenters. The van der Waals surface area contributed by atoms with E-state index in [4.69, 9.17) is 13.9 Å². The predicted molar refractivity (Wildman–Crippen MR) is 135 cm³/mol. The molecule has 0 amide bonds. The Labute approximate surface area is 207 Å². The summed E-state index contributed by atoms with van der Waals surface area (Å²) in [6.07, 6.45) is -3.37. The SMILES string of the molecule is CC(=O)O[C@H]([C@H](O)CO[Si](C(C)C)(C(C)C)C(C)C)[C@H](OCc1ccc(Br)cc1)C(O)=CO. The fourth-order valence-electron chi connectivity index (χ4n) is 4.55. The quantitative estimate of drug-likeness (QED) is 0.163. The van der Waals surface area contributed by atoms with Crippen LogP contribution in [0.3, 0.4) is 0 Å². The Kier molecular flexibility index (Phi) is 12.1. The molecule has 9 heteroatoms. The summed E-state index contributed by atoms with van der Waals surface area (Å²) in [7, 11) is -2.30. The zero-order valence-corrected chi connectivity index (χ0v) is 23.2. The molecule has 3 N–H and O–H groups in total. The Bertz CT molecular complexity index is 743. The number of carbonyl (C=O) groups excluding carboxylic acids is 1. The lowest BCUT2D eigenvalue weighted by molar-refractivity contribution is -0.169. The molecule has 1 aromatic rings. The smallest absolute Gasteiger partial charge is 0.303 e. The first-order valence-corrected chi connectivity index (χ1v) is 14.2. The number of esters is 1. The minimum Gasteiger partial charge on any atom is -0.512 e. The third-order valence-electron chi connectivity index (χ3n) is 5.96. The highest BCUT2D eigenvalue weighted by atomic mass is 79.9. The van der Waals surface area contributed by atoms with Crippen LogP contribution in [0.25, 0.3) is 0 Å². The number of halogens is 1. The molecule has 0 saturated carbocycles. The van der Waals surface area contributed by atoms with Gasteiger partial charge < -0.3 is 29.2 Å². The second kappa shape index (κ2) is 13.5. The van der Waals surface area contributed by atoms with E-state index in [-0.39, 0.29) is 13.2 Å². The number of carbonyl (C=O) groups is 1. The summed E-state index contributed by atoms with van der Waals surface area (Å²) < 4.78 is 18.5. The van der Waals surface area contributed by atoms with Crippen LogP contribution >= 0.6 is 15.9 Å². The van der Waals surface area contributed by atoms with Crippen LogP contribution in [0, 0.1) is 0 Å². The predicted octanol–water partition coefficient (Wildman–Crippen LogP) is 5.78. The standard InChI is InChI=1S/C24H39BrO7Si/c1-15(2)33(16(3)4,17(5)6)31-14-22(29)24(32-18(7)27)23(21(28)12-26)30-13-19-8-10-20(25)11-9-19/h8-12,15-17,22-24,26,28-29H,13-14H2,1-7H3/t22-,23-,24-/m1/s1. The van der Waals surface area contributed by atoms with Gasteiger partial charge >= 0.3 is 5.97 Å². The lowest BCUT2D eigenvalue weighted by Gasteiger charge is -2.43. The molecule has 0 spiro atoms. The molecular formula is C24H39BrO7Si. The summed E-state index contributed by atoms with van der Waals surface area (Å²) in [5.41, 5.74) is 1.69. The van der Waals surface area contributed by atoms with Gasteiger partial charge in [-0.25, -0.2) is 0 Å². The first-order valence-electron chi connectivity index (χ1n) is 11.2. The fraction of sp³-hybridized carbons (Fsp3) is 0.625. The Balaban J connectivity index is 3.15. The van der Waals surface area contributed by atoms with Crippen LogP contribution < -0.4 is 0 Å². The maximum atomic E-state index is 11.8. The van der Waals surface area contributed by atoms with Crippen molar-refractivity contribution in [2.75, 3.05) is 6.61 Å². The van der Waals surface area contributed by atoms with Gasteiger partial charge in [0, 0.05) is 11.4 Å². The van der Waals surface area contributed by atoms with E-state index >= 15 is 0 Å². The summed E-state index contributed by atoms with van der Waals surface area (Å²) >= 11 is 3.37. The van der Waals surface area contributed by atoms with Crippen LogP contribution in [-0.2, 0) is 25.3 Å². The van der Waals surface area contributed by atoms with Gasteiger partial charge in [-0.3, -0.25) is 4.79 Å². The number of rotatable bonds is 13. The minimum absolute atomic E-state index is 0.0594. The fourth-order valence-corrected chi connectivity index (χ4v) is 10.3. The molecule has 1 aromatic carbocycles. The van der Waals surface area contributed by atoms with Gasteiger partial charge in [-0.15, -0.1) is 0 Å². The van der Waals surface area contributed by atoms with Crippen molar-refractivity contribution >= 4 is 30.2 Å². The maximum Gasteiger partial charge on any atom is 0.303 e. The molecule has 3 atom stereocenters. The highest BCUT2D eigenvalue weighted by molar-refractivity contribution is 9.10. The van der Waals surface area contributed by atoms with Crippen LogP contribution in [0.15, 0.2) is 40.8 Å². The summed E-state index contributed by atoms with van der Waals surface area (Å²) in [6, 6.07) is 7.34. The minimum atomic E-state index is -2.30. The molecule has 0 aliphatic heterocycles. The molecule has 1 rings (SSSR count). The molecular weight excluding hydrogens is 508 g/mol. The van der Waals surface area contributed by atoms with E-state index in [1.165, 1.54) is 6.92 Å². The van der Waals surface area contributed by atoms with Crippen molar-refractivity contribution in [2.24, 2.45) is 0 Å². The highest BCUT2D eigenvalue weighted by Gasteiger charge is 2.46. The summed E-state index contributed by atoms with van der Waals surface area (Å²) in [4.78, 5) is 11.8. The van der Waals surface area contributed by atoms with Gasteiger partial charge in [0.1, 0.15) is 12.4 Å². The largest absolute Gasteiger partial charge is 0.512 e.